The van der Waals surface area contributed by atoms with Crippen molar-refractivity contribution in [3.05, 3.63) is 54.1 Å². The Bertz CT molecular complexity index is 762. The normalized spacial score (nSPS) is 11.4. The highest BCUT2D eigenvalue weighted by atomic mass is 16.5. The highest BCUT2D eigenvalue weighted by Crippen LogP contribution is 2.14. The van der Waals surface area contributed by atoms with Crippen molar-refractivity contribution in [2.75, 3.05) is 39.7 Å². The fourth-order valence-electron chi connectivity index (χ4n) is 2.54. The lowest BCUT2D eigenvalue weighted by Gasteiger charge is -2.14. The van der Waals surface area contributed by atoms with Gasteiger partial charge in [0.1, 0.15) is 11.5 Å². The number of hydrogen-bond donors (Lipinski definition) is 3. The van der Waals surface area contributed by atoms with E-state index in [0.29, 0.717) is 12.2 Å². The van der Waals surface area contributed by atoms with Crippen LogP contribution in [0.15, 0.2) is 48.5 Å². The molecule has 0 spiro atoms. The molecule has 0 aliphatic heterocycles. The number of carbonyl (C=O) groups excluding carboxylic acids is 2. The van der Waals surface area contributed by atoms with Crippen molar-refractivity contribution >= 4 is 17.5 Å². The molecule has 2 aromatic rings. The van der Waals surface area contributed by atoms with Crippen molar-refractivity contribution in [2.45, 2.75) is 6.54 Å². The number of nitrogens with one attached hydrogen (secondary N) is 3. The van der Waals surface area contributed by atoms with Gasteiger partial charge in [-0.3, -0.25) is 9.59 Å². The van der Waals surface area contributed by atoms with Gasteiger partial charge in [0.05, 0.1) is 21.3 Å². The molecule has 3 N–H and O–H groups in total. The van der Waals surface area contributed by atoms with E-state index in [-0.39, 0.29) is 24.9 Å². The fraction of sp³-hybridized carbons (Fsp3) is 0.300. The number of methoxy groups -OCH3 is 2. The Hall–Kier alpha value is -3.06. The predicted octanol–water partition coefficient (Wildman–Crippen LogP) is 0.473. The van der Waals surface area contributed by atoms with Gasteiger partial charge in [-0.05, 0) is 42.0 Å². The van der Waals surface area contributed by atoms with Crippen molar-refractivity contribution in [2.24, 2.45) is 0 Å². The summed E-state index contributed by atoms with van der Waals surface area (Å²) in [6.07, 6.45) is 0. The van der Waals surface area contributed by atoms with Crippen molar-refractivity contribution in [1.82, 2.24) is 5.32 Å². The first-order valence-electron chi connectivity index (χ1n) is 8.65. The summed E-state index contributed by atoms with van der Waals surface area (Å²) in [5, 5.41) is 5.66. The molecule has 2 rings (SSSR count). The Morgan fingerprint density at radius 2 is 1.59 bits per heavy atom. The average Bonchev–Trinajstić information content (AvgIpc) is 2.67. The predicted molar refractivity (Wildman–Crippen MR) is 103 cm³/mol. The second kappa shape index (κ2) is 10.2. The lowest BCUT2D eigenvalue weighted by molar-refractivity contribution is -0.862. The molecule has 1 unspecified atom stereocenters. The maximum Gasteiger partial charge on any atom is 0.279 e. The van der Waals surface area contributed by atoms with E-state index in [2.05, 4.69) is 10.6 Å². The van der Waals surface area contributed by atoms with Crippen LogP contribution in [0.4, 0.5) is 5.69 Å². The molecule has 0 bridgehead atoms. The zero-order valence-electron chi connectivity index (χ0n) is 15.9. The highest BCUT2D eigenvalue weighted by Gasteiger charge is 2.14. The monoisotopic (exact) mass is 372 g/mol. The Labute approximate surface area is 159 Å². The van der Waals surface area contributed by atoms with Crippen molar-refractivity contribution < 1.29 is 24.0 Å². The molecule has 0 saturated carbocycles. The lowest BCUT2D eigenvalue weighted by atomic mass is 10.2. The van der Waals surface area contributed by atoms with Crippen LogP contribution in [0.1, 0.15) is 5.56 Å². The minimum absolute atomic E-state index is 0.118. The number of anilines is 1. The smallest absolute Gasteiger partial charge is 0.279 e. The summed E-state index contributed by atoms with van der Waals surface area (Å²) < 4.78 is 10.2. The quantitative estimate of drug-likeness (QED) is 0.598. The third-order valence-electron chi connectivity index (χ3n) is 3.92. The summed E-state index contributed by atoms with van der Waals surface area (Å²) in [5.74, 6) is 1.20. The number of quaternary nitrogens is 1. The summed E-state index contributed by atoms with van der Waals surface area (Å²) in [4.78, 5) is 25.0. The van der Waals surface area contributed by atoms with E-state index in [9.17, 15) is 9.59 Å². The summed E-state index contributed by atoms with van der Waals surface area (Å²) >= 11 is 0. The second-order valence-electron chi connectivity index (χ2n) is 6.22. The number of benzene rings is 2. The van der Waals surface area contributed by atoms with Crippen LogP contribution < -0.4 is 25.0 Å². The standard InChI is InChI=1S/C20H25N3O4/c1-23(14-20(25)22-16-7-9-17(26-2)10-8-16)13-19(24)21-12-15-5-4-6-18(11-15)27-3/h4-11H,12-14H2,1-3H3,(H,21,24)(H,22,25)/p+1. The van der Waals surface area contributed by atoms with Crippen LogP contribution in [0.3, 0.4) is 0 Å². The Morgan fingerprint density at radius 3 is 2.26 bits per heavy atom. The van der Waals surface area contributed by atoms with Crippen LogP contribution in [-0.4, -0.2) is 46.2 Å². The fourth-order valence-corrected chi connectivity index (χ4v) is 2.54. The number of carbonyl (C=O) groups is 2. The highest BCUT2D eigenvalue weighted by molar-refractivity contribution is 5.91. The molecular formula is C20H26N3O4+. The van der Waals surface area contributed by atoms with Crippen LogP contribution in [0.5, 0.6) is 11.5 Å². The van der Waals surface area contributed by atoms with Gasteiger partial charge in [0.25, 0.3) is 11.8 Å². The molecule has 0 saturated heterocycles. The second-order valence-corrected chi connectivity index (χ2v) is 6.22. The molecular weight excluding hydrogens is 346 g/mol. The molecule has 0 fully saturated rings. The molecule has 144 valence electrons. The maximum absolute atomic E-state index is 12.1. The topological polar surface area (TPSA) is 81.1 Å². The molecule has 1 atom stereocenters. The van der Waals surface area contributed by atoms with E-state index < -0.39 is 0 Å². The van der Waals surface area contributed by atoms with Gasteiger partial charge in [-0.25, -0.2) is 0 Å². The van der Waals surface area contributed by atoms with Gasteiger partial charge in [0, 0.05) is 12.2 Å². The minimum atomic E-state index is -0.154. The summed E-state index contributed by atoms with van der Waals surface area (Å²) in [6, 6.07) is 14.6. The van der Waals surface area contributed by atoms with Crippen LogP contribution in [-0.2, 0) is 16.1 Å². The van der Waals surface area contributed by atoms with Gasteiger partial charge in [-0.2, -0.15) is 0 Å². The van der Waals surface area contributed by atoms with Gasteiger partial charge in [-0.1, -0.05) is 12.1 Å². The number of hydrogen-bond acceptors (Lipinski definition) is 4. The average molecular weight is 372 g/mol. The molecule has 0 heterocycles. The molecule has 2 amide bonds. The summed E-state index contributed by atoms with van der Waals surface area (Å²) in [7, 11) is 5.00. The van der Waals surface area contributed by atoms with Gasteiger partial charge >= 0.3 is 0 Å². The van der Waals surface area contributed by atoms with Gasteiger partial charge in [0.15, 0.2) is 13.1 Å². The van der Waals surface area contributed by atoms with Gasteiger partial charge < -0.3 is 25.0 Å². The van der Waals surface area contributed by atoms with Crippen molar-refractivity contribution in [1.29, 1.82) is 0 Å². The van der Waals surface area contributed by atoms with E-state index in [1.807, 2.05) is 24.3 Å². The van der Waals surface area contributed by atoms with Crippen LogP contribution >= 0.6 is 0 Å². The number of likely N-dealkylation sites (N-methyl/N-ethyl adjacent to an activating group) is 1. The third kappa shape index (κ3) is 6.99. The molecule has 7 heteroatoms. The zero-order chi connectivity index (χ0) is 19.6. The van der Waals surface area contributed by atoms with Crippen LogP contribution in [0, 0.1) is 0 Å². The maximum atomic E-state index is 12.1. The van der Waals surface area contributed by atoms with Crippen LogP contribution in [0.2, 0.25) is 0 Å². The van der Waals surface area contributed by atoms with Gasteiger partial charge in [0.2, 0.25) is 0 Å². The molecule has 0 radical (unpaired) electrons. The third-order valence-corrected chi connectivity index (χ3v) is 3.92. The van der Waals surface area contributed by atoms with Crippen molar-refractivity contribution in [3.8, 4) is 11.5 Å². The van der Waals surface area contributed by atoms with Gasteiger partial charge in [-0.15, -0.1) is 0 Å². The number of ether oxygens (including phenoxy) is 2. The van der Waals surface area contributed by atoms with E-state index in [1.165, 1.54) is 0 Å². The summed E-state index contributed by atoms with van der Waals surface area (Å²) in [6.45, 7) is 0.819. The molecule has 0 aromatic heterocycles. The SMILES string of the molecule is COc1ccc(NC(=O)C[NH+](C)CC(=O)NCc2cccc(OC)c2)cc1. The Morgan fingerprint density at radius 1 is 0.926 bits per heavy atom. The largest absolute Gasteiger partial charge is 0.497 e. The molecule has 27 heavy (non-hydrogen) atoms. The Balaban J connectivity index is 1.73. The molecule has 2 aromatic carbocycles. The molecule has 7 nitrogen and oxygen atoms in total. The number of amides is 2. The van der Waals surface area contributed by atoms with E-state index in [4.69, 9.17) is 9.47 Å². The minimum Gasteiger partial charge on any atom is -0.497 e. The lowest BCUT2D eigenvalue weighted by Crippen LogP contribution is -3.11. The van der Waals surface area contributed by atoms with Crippen molar-refractivity contribution in [3.63, 3.8) is 0 Å². The zero-order valence-corrected chi connectivity index (χ0v) is 15.9. The molecule has 0 aliphatic carbocycles. The first-order valence-corrected chi connectivity index (χ1v) is 8.65. The first kappa shape index (κ1) is 20.3. The van der Waals surface area contributed by atoms with E-state index in [0.717, 1.165) is 22.0 Å². The molecule has 0 aliphatic rings. The summed E-state index contributed by atoms with van der Waals surface area (Å²) in [5.41, 5.74) is 1.65. The van der Waals surface area contributed by atoms with Crippen LogP contribution in [0.25, 0.3) is 0 Å². The van der Waals surface area contributed by atoms with E-state index in [1.54, 1.807) is 45.5 Å². The number of rotatable bonds is 9. The first-order chi connectivity index (χ1) is 13.0. The van der Waals surface area contributed by atoms with E-state index >= 15 is 0 Å². The Kier molecular flexibility index (Phi) is 7.63.